The van der Waals surface area contributed by atoms with Gasteiger partial charge in [-0.3, -0.25) is 0 Å². The normalized spacial score (nSPS) is 28.1. The second kappa shape index (κ2) is 5.50. The van der Waals surface area contributed by atoms with E-state index in [0.29, 0.717) is 5.92 Å². The van der Waals surface area contributed by atoms with Crippen molar-refractivity contribution in [1.29, 1.82) is 0 Å². The Bertz CT molecular complexity index is 203. The molecule has 0 aromatic carbocycles. The Morgan fingerprint density at radius 2 is 1.62 bits per heavy atom. The largest absolute Gasteiger partial charge is 0.393 e. The van der Waals surface area contributed by atoms with Gasteiger partial charge in [-0.1, -0.05) is 32.1 Å². The molecule has 1 atom stereocenters. The first kappa shape index (κ1) is 12.4. The fourth-order valence-corrected chi connectivity index (χ4v) is 3.45. The Morgan fingerprint density at radius 1 is 1.00 bits per heavy atom. The van der Waals surface area contributed by atoms with Gasteiger partial charge in [-0.2, -0.15) is 0 Å². The summed E-state index contributed by atoms with van der Waals surface area (Å²) in [6.07, 6.45) is 11.9. The van der Waals surface area contributed by atoms with Crippen LogP contribution >= 0.6 is 0 Å². The molecule has 2 rings (SSSR count). The van der Waals surface area contributed by atoms with Gasteiger partial charge in [0.1, 0.15) is 0 Å². The van der Waals surface area contributed by atoms with Gasteiger partial charge in [0, 0.05) is 0 Å². The van der Waals surface area contributed by atoms with Gasteiger partial charge in [-0.05, 0) is 44.4 Å². The average molecular weight is 226 g/mol. The third-order valence-corrected chi connectivity index (χ3v) is 4.63. The number of aliphatic hydroxyl groups is 2. The Hall–Kier alpha value is -0.0800. The standard InChI is InChI=1S/C14H26O2/c15-13(12-6-2-3-7-12)8-11-14(16)9-4-1-5-10-14/h12-13,15-16H,1-11H2. The van der Waals surface area contributed by atoms with E-state index in [2.05, 4.69) is 0 Å². The van der Waals surface area contributed by atoms with Crippen molar-refractivity contribution >= 4 is 0 Å². The van der Waals surface area contributed by atoms with Crippen molar-refractivity contribution in [2.45, 2.75) is 82.3 Å². The monoisotopic (exact) mass is 226 g/mol. The van der Waals surface area contributed by atoms with Crippen LogP contribution in [0.2, 0.25) is 0 Å². The van der Waals surface area contributed by atoms with Gasteiger partial charge < -0.3 is 10.2 Å². The first-order chi connectivity index (χ1) is 7.70. The van der Waals surface area contributed by atoms with Crippen molar-refractivity contribution in [3.8, 4) is 0 Å². The zero-order chi connectivity index (χ0) is 11.4. The highest BCUT2D eigenvalue weighted by atomic mass is 16.3. The highest BCUT2D eigenvalue weighted by Gasteiger charge is 2.31. The molecule has 16 heavy (non-hydrogen) atoms. The molecule has 94 valence electrons. The minimum Gasteiger partial charge on any atom is -0.393 e. The highest BCUT2D eigenvalue weighted by Crippen LogP contribution is 2.35. The molecule has 2 aliphatic carbocycles. The Kier molecular flexibility index (Phi) is 4.26. The molecular weight excluding hydrogens is 200 g/mol. The quantitative estimate of drug-likeness (QED) is 0.773. The van der Waals surface area contributed by atoms with Crippen molar-refractivity contribution in [2.24, 2.45) is 5.92 Å². The van der Waals surface area contributed by atoms with E-state index in [-0.39, 0.29) is 6.10 Å². The summed E-state index contributed by atoms with van der Waals surface area (Å²) in [6, 6.07) is 0. The number of hydrogen-bond donors (Lipinski definition) is 2. The lowest BCUT2D eigenvalue weighted by molar-refractivity contribution is -0.0211. The van der Waals surface area contributed by atoms with E-state index in [4.69, 9.17) is 0 Å². The lowest BCUT2D eigenvalue weighted by Gasteiger charge is -2.33. The molecule has 0 saturated heterocycles. The second-order valence-electron chi connectivity index (χ2n) is 5.94. The predicted octanol–water partition coefficient (Wildman–Crippen LogP) is 3.01. The van der Waals surface area contributed by atoms with E-state index >= 15 is 0 Å². The first-order valence-corrected chi connectivity index (χ1v) is 7.10. The highest BCUT2D eigenvalue weighted by molar-refractivity contribution is 4.84. The van der Waals surface area contributed by atoms with Crippen LogP contribution in [0.3, 0.4) is 0 Å². The Balaban J connectivity index is 1.72. The summed E-state index contributed by atoms with van der Waals surface area (Å²) >= 11 is 0. The second-order valence-corrected chi connectivity index (χ2v) is 5.94. The molecule has 0 amide bonds. The van der Waals surface area contributed by atoms with Crippen molar-refractivity contribution in [3.63, 3.8) is 0 Å². The molecule has 1 unspecified atom stereocenters. The third kappa shape index (κ3) is 3.21. The molecule has 2 heteroatoms. The van der Waals surface area contributed by atoms with Crippen LogP contribution in [0.5, 0.6) is 0 Å². The maximum absolute atomic E-state index is 10.4. The van der Waals surface area contributed by atoms with Gasteiger partial charge in [0.05, 0.1) is 11.7 Å². The molecule has 2 N–H and O–H groups in total. The minimum atomic E-state index is -0.447. The molecule has 0 spiro atoms. The number of rotatable bonds is 4. The average Bonchev–Trinajstić information content (AvgIpc) is 2.80. The van der Waals surface area contributed by atoms with Gasteiger partial charge >= 0.3 is 0 Å². The fourth-order valence-electron chi connectivity index (χ4n) is 3.45. The maximum atomic E-state index is 10.4. The fraction of sp³-hybridized carbons (Fsp3) is 1.00. The summed E-state index contributed by atoms with van der Waals surface area (Å²) in [5.41, 5.74) is -0.447. The van der Waals surface area contributed by atoms with Crippen LogP contribution in [-0.4, -0.2) is 21.9 Å². The predicted molar refractivity (Wildman–Crippen MR) is 65.2 cm³/mol. The van der Waals surface area contributed by atoms with Crippen LogP contribution in [-0.2, 0) is 0 Å². The van der Waals surface area contributed by atoms with Crippen LogP contribution < -0.4 is 0 Å². The zero-order valence-electron chi connectivity index (χ0n) is 10.3. The summed E-state index contributed by atoms with van der Waals surface area (Å²) < 4.78 is 0. The molecule has 2 saturated carbocycles. The van der Waals surface area contributed by atoms with Crippen molar-refractivity contribution in [1.82, 2.24) is 0 Å². The topological polar surface area (TPSA) is 40.5 Å². The number of hydrogen-bond acceptors (Lipinski definition) is 2. The molecule has 0 aromatic heterocycles. The van der Waals surface area contributed by atoms with Crippen LogP contribution in [0.4, 0.5) is 0 Å². The Labute approximate surface area is 99.1 Å². The minimum absolute atomic E-state index is 0.159. The SMILES string of the molecule is OC(CCC1(O)CCCCC1)C1CCCC1. The van der Waals surface area contributed by atoms with Crippen molar-refractivity contribution < 1.29 is 10.2 Å². The van der Waals surface area contributed by atoms with Crippen LogP contribution in [0, 0.1) is 5.92 Å². The van der Waals surface area contributed by atoms with Crippen molar-refractivity contribution in [2.75, 3.05) is 0 Å². The molecule has 0 aliphatic heterocycles. The van der Waals surface area contributed by atoms with E-state index in [1.165, 1.54) is 32.1 Å². The molecule has 0 radical (unpaired) electrons. The van der Waals surface area contributed by atoms with Crippen molar-refractivity contribution in [3.05, 3.63) is 0 Å². The zero-order valence-corrected chi connectivity index (χ0v) is 10.3. The molecule has 0 bridgehead atoms. The van der Waals surface area contributed by atoms with E-state index < -0.39 is 5.60 Å². The van der Waals surface area contributed by atoms with E-state index in [0.717, 1.165) is 38.5 Å². The molecule has 0 heterocycles. The van der Waals surface area contributed by atoms with E-state index in [9.17, 15) is 10.2 Å². The Morgan fingerprint density at radius 3 is 2.25 bits per heavy atom. The summed E-state index contributed by atoms with van der Waals surface area (Å²) in [4.78, 5) is 0. The first-order valence-electron chi connectivity index (χ1n) is 7.10. The molecule has 2 nitrogen and oxygen atoms in total. The summed E-state index contributed by atoms with van der Waals surface area (Å²) in [6.45, 7) is 0. The lowest BCUT2D eigenvalue weighted by Crippen LogP contribution is -2.33. The van der Waals surface area contributed by atoms with E-state index in [1.807, 2.05) is 0 Å². The van der Waals surface area contributed by atoms with Gasteiger partial charge in [-0.15, -0.1) is 0 Å². The molecule has 2 aliphatic rings. The van der Waals surface area contributed by atoms with Gasteiger partial charge in [-0.25, -0.2) is 0 Å². The van der Waals surface area contributed by atoms with Crippen LogP contribution in [0.25, 0.3) is 0 Å². The van der Waals surface area contributed by atoms with Crippen LogP contribution in [0.1, 0.15) is 70.6 Å². The molecule has 2 fully saturated rings. The molecule has 0 aromatic rings. The van der Waals surface area contributed by atoms with E-state index in [1.54, 1.807) is 0 Å². The van der Waals surface area contributed by atoms with Gasteiger partial charge in [0.2, 0.25) is 0 Å². The summed E-state index contributed by atoms with van der Waals surface area (Å²) in [5, 5.41) is 20.4. The lowest BCUT2D eigenvalue weighted by atomic mass is 9.80. The van der Waals surface area contributed by atoms with Gasteiger partial charge in [0.15, 0.2) is 0 Å². The number of aliphatic hydroxyl groups excluding tert-OH is 1. The van der Waals surface area contributed by atoms with Gasteiger partial charge in [0.25, 0.3) is 0 Å². The maximum Gasteiger partial charge on any atom is 0.0648 e. The summed E-state index contributed by atoms with van der Waals surface area (Å²) in [5.74, 6) is 0.521. The van der Waals surface area contributed by atoms with Crippen LogP contribution in [0.15, 0.2) is 0 Å². The third-order valence-electron chi connectivity index (χ3n) is 4.63. The summed E-state index contributed by atoms with van der Waals surface area (Å²) in [7, 11) is 0. The molecular formula is C14H26O2. The smallest absolute Gasteiger partial charge is 0.0648 e.